The van der Waals surface area contributed by atoms with Crippen LogP contribution in [-0.4, -0.2) is 43.8 Å². The van der Waals surface area contributed by atoms with Crippen molar-refractivity contribution in [1.82, 2.24) is 10.2 Å². The highest BCUT2D eigenvalue weighted by molar-refractivity contribution is 7.92. The number of amides is 2. The Morgan fingerprint density at radius 3 is 2.17 bits per heavy atom. The molecule has 7 nitrogen and oxygen atoms in total. The van der Waals surface area contributed by atoms with E-state index in [1.807, 2.05) is 26.0 Å². The lowest BCUT2D eigenvalue weighted by Crippen LogP contribution is -2.52. The molecular weight excluding hydrogens is 541 g/mol. The number of carbonyl (C=O) groups excluding carboxylic acids is 2. The molecule has 0 saturated heterocycles. The van der Waals surface area contributed by atoms with Gasteiger partial charge in [0.25, 0.3) is 10.0 Å². The van der Waals surface area contributed by atoms with Crippen molar-refractivity contribution < 1.29 is 22.4 Å². The summed E-state index contributed by atoms with van der Waals surface area (Å²) >= 11 is 0. The third-order valence-corrected chi connectivity index (χ3v) is 9.43. The van der Waals surface area contributed by atoms with Gasteiger partial charge in [0.15, 0.2) is 0 Å². The summed E-state index contributed by atoms with van der Waals surface area (Å²) in [5.74, 6) is -1.25. The highest BCUT2D eigenvalue weighted by atomic mass is 32.2. The molecule has 218 valence electrons. The van der Waals surface area contributed by atoms with E-state index in [1.165, 1.54) is 29.2 Å². The van der Waals surface area contributed by atoms with Crippen LogP contribution in [0.5, 0.6) is 0 Å². The number of nitrogens with zero attached hydrogens (tertiary/aromatic N) is 2. The zero-order valence-corrected chi connectivity index (χ0v) is 24.9. The van der Waals surface area contributed by atoms with Crippen molar-refractivity contribution in [3.63, 3.8) is 0 Å². The van der Waals surface area contributed by atoms with E-state index in [1.54, 1.807) is 44.2 Å². The van der Waals surface area contributed by atoms with Gasteiger partial charge < -0.3 is 10.2 Å². The monoisotopic (exact) mass is 579 g/mol. The van der Waals surface area contributed by atoms with E-state index in [9.17, 15) is 22.4 Å². The molecule has 0 aliphatic heterocycles. The number of hydrogen-bond acceptors (Lipinski definition) is 4. The highest BCUT2D eigenvalue weighted by Crippen LogP contribution is 2.29. The molecule has 0 spiro atoms. The minimum atomic E-state index is -4.15. The first-order valence-corrected chi connectivity index (χ1v) is 15.4. The van der Waals surface area contributed by atoms with Crippen molar-refractivity contribution in [2.75, 3.05) is 10.8 Å². The first-order valence-electron chi connectivity index (χ1n) is 14.0. The van der Waals surface area contributed by atoms with Crippen LogP contribution in [0, 0.1) is 26.6 Å². The fourth-order valence-corrected chi connectivity index (χ4v) is 6.57. The Morgan fingerprint density at radius 2 is 1.54 bits per heavy atom. The smallest absolute Gasteiger partial charge is 0.264 e. The van der Waals surface area contributed by atoms with Crippen LogP contribution in [0.3, 0.4) is 0 Å². The van der Waals surface area contributed by atoms with Crippen LogP contribution in [0.2, 0.25) is 0 Å². The average Bonchev–Trinajstić information content (AvgIpc) is 3.45. The average molecular weight is 580 g/mol. The Hall–Kier alpha value is -3.72. The van der Waals surface area contributed by atoms with Crippen LogP contribution in [0.25, 0.3) is 0 Å². The Morgan fingerprint density at radius 1 is 0.927 bits per heavy atom. The number of rotatable bonds is 10. The second-order valence-electron chi connectivity index (χ2n) is 10.9. The van der Waals surface area contributed by atoms with E-state index in [4.69, 9.17) is 0 Å². The molecule has 1 saturated carbocycles. The summed E-state index contributed by atoms with van der Waals surface area (Å²) in [6.45, 7) is 6.67. The highest BCUT2D eigenvalue weighted by Gasteiger charge is 2.34. The largest absolute Gasteiger partial charge is 0.352 e. The van der Waals surface area contributed by atoms with Crippen molar-refractivity contribution in [3.8, 4) is 0 Å². The molecule has 0 bridgehead atoms. The fraction of sp³-hybridized carbons (Fsp3) is 0.375. The fourth-order valence-electron chi connectivity index (χ4n) is 5.10. The number of nitrogens with one attached hydrogen (secondary N) is 1. The molecule has 2 amide bonds. The Balaban J connectivity index is 1.71. The van der Waals surface area contributed by atoms with Gasteiger partial charge in [-0.05, 0) is 87.6 Å². The van der Waals surface area contributed by atoms with Gasteiger partial charge in [0, 0.05) is 12.6 Å². The van der Waals surface area contributed by atoms with E-state index in [0.29, 0.717) is 16.8 Å². The van der Waals surface area contributed by atoms with Gasteiger partial charge in [0.05, 0.1) is 10.6 Å². The number of aryl methyl sites for hydroxylation is 3. The maximum atomic E-state index is 14.1. The lowest BCUT2D eigenvalue weighted by atomic mass is 10.1. The normalized spacial score (nSPS) is 14.5. The van der Waals surface area contributed by atoms with Crippen LogP contribution >= 0.6 is 0 Å². The maximum absolute atomic E-state index is 14.1. The molecule has 3 aromatic rings. The Bertz CT molecular complexity index is 1480. The lowest BCUT2D eigenvalue weighted by Gasteiger charge is -2.33. The van der Waals surface area contributed by atoms with Gasteiger partial charge in [-0.2, -0.15) is 0 Å². The van der Waals surface area contributed by atoms with Gasteiger partial charge >= 0.3 is 0 Å². The summed E-state index contributed by atoms with van der Waals surface area (Å²) in [5, 5.41) is 3.05. The zero-order valence-electron chi connectivity index (χ0n) is 24.1. The molecule has 1 aliphatic carbocycles. The standard InChI is InChI=1S/C32H38FN3O4S/c1-22-10-17-29(18-11-22)41(39,40)36(30-19-23(2)9-12-24(30)3)21-31(37)35(20-26-13-15-27(33)16-14-26)25(4)32(38)34-28-7-5-6-8-28/h9-19,25,28H,5-8,20-21H2,1-4H3,(H,34,38)/t25-/m1/s1. The van der Waals surface area contributed by atoms with E-state index in [0.717, 1.165) is 41.1 Å². The van der Waals surface area contributed by atoms with Gasteiger partial charge in [-0.15, -0.1) is 0 Å². The number of benzene rings is 3. The molecule has 1 atom stereocenters. The number of sulfonamides is 1. The van der Waals surface area contributed by atoms with Crippen molar-refractivity contribution in [2.45, 2.75) is 76.9 Å². The third-order valence-electron chi connectivity index (χ3n) is 7.66. The predicted octanol–water partition coefficient (Wildman–Crippen LogP) is 5.42. The van der Waals surface area contributed by atoms with Gasteiger partial charge in [0.2, 0.25) is 11.8 Å². The summed E-state index contributed by atoms with van der Waals surface area (Å²) in [6.07, 6.45) is 3.86. The second kappa shape index (κ2) is 12.9. The van der Waals surface area contributed by atoms with E-state index in [2.05, 4.69) is 5.32 Å². The van der Waals surface area contributed by atoms with Crippen LogP contribution in [-0.2, 0) is 26.2 Å². The van der Waals surface area contributed by atoms with Crippen LogP contribution in [0.4, 0.5) is 10.1 Å². The van der Waals surface area contributed by atoms with Crippen molar-refractivity contribution >= 4 is 27.5 Å². The summed E-state index contributed by atoms with van der Waals surface area (Å²) in [5.41, 5.74) is 3.46. The molecular formula is C32H38FN3O4S. The van der Waals surface area contributed by atoms with Crippen molar-refractivity contribution in [2.24, 2.45) is 0 Å². The molecule has 0 aromatic heterocycles. The number of hydrogen-bond donors (Lipinski definition) is 1. The molecule has 4 rings (SSSR count). The summed E-state index contributed by atoms with van der Waals surface area (Å²) in [4.78, 5) is 28.8. The van der Waals surface area contributed by atoms with E-state index < -0.39 is 34.3 Å². The Labute approximate surface area is 242 Å². The molecule has 41 heavy (non-hydrogen) atoms. The molecule has 1 fully saturated rings. The van der Waals surface area contributed by atoms with Gasteiger partial charge in [-0.3, -0.25) is 13.9 Å². The SMILES string of the molecule is Cc1ccc(S(=O)(=O)N(CC(=O)N(Cc2ccc(F)cc2)[C@H](C)C(=O)NC2CCCC2)c2cc(C)ccc2C)cc1. The number of carbonyl (C=O) groups is 2. The van der Waals surface area contributed by atoms with Crippen LogP contribution in [0.15, 0.2) is 71.6 Å². The van der Waals surface area contributed by atoms with E-state index >= 15 is 0 Å². The lowest BCUT2D eigenvalue weighted by molar-refractivity contribution is -0.139. The van der Waals surface area contributed by atoms with Gasteiger partial charge in [-0.25, -0.2) is 12.8 Å². The minimum absolute atomic E-state index is 0.0174. The molecule has 1 N–H and O–H groups in total. The molecule has 1 aliphatic rings. The molecule has 0 heterocycles. The second-order valence-corrected chi connectivity index (χ2v) is 12.8. The van der Waals surface area contributed by atoms with E-state index in [-0.39, 0.29) is 23.4 Å². The van der Waals surface area contributed by atoms with Crippen molar-refractivity contribution in [1.29, 1.82) is 0 Å². The summed E-state index contributed by atoms with van der Waals surface area (Å²) in [7, 11) is -4.15. The summed E-state index contributed by atoms with van der Waals surface area (Å²) in [6, 6.07) is 16.8. The quantitative estimate of drug-likeness (QED) is 0.348. The number of anilines is 1. The summed E-state index contributed by atoms with van der Waals surface area (Å²) < 4.78 is 42.8. The first kappa shape index (κ1) is 30.2. The Kier molecular flexibility index (Phi) is 9.48. The maximum Gasteiger partial charge on any atom is 0.264 e. The van der Waals surface area contributed by atoms with Crippen molar-refractivity contribution in [3.05, 3.63) is 94.8 Å². The van der Waals surface area contributed by atoms with Crippen LogP contribution in [0.1, 0.15) is 54.9 Å². The van der Waals surface area contributed by atoms with Gasteiger partial charge in [0.1, 0.15) is 18.4 Å². The molecule has 0 unspecified atom stereocenters. The van der Waals surface area contributed by atoms with Crippen LogP contribution < -0.4 is 9.62 Å². The topological polar surface area (TPSA) is 86.8 Å². The zero-order chi connectivity index (χ0) is 29.7. The first-order chi connectivity index (χ1) is 19.5. The predicted molar refractivity (Wildman–Crippen MR) is 158 cm³/mol. The number of halogens is 1. The molecule has 9 heteroatoms. The van der Waals surface area contributed by atoms with Gasteiger partial charge in [-0.1, -0.05) is 54.8 Å². The molecule has 3 aromatic carbocycles. The minimum Gasteiger partial charge on any atom is -0.352 e. The molecule has 0 radical (unpaired) electrons. The third kappa shape index (κ3) is 7.33.